The van der Waals surface area contributed by atoms with Gasteiger partial charge in [0.05, 0.1) is 7.11 Å². The monoisotopic (exact) mass is 306 g/mol. The molecule has 5 nitrogen and oxygen atoms in total. The van der Waals surface area contributed by atoms with E-state index in [-0.39, 0.29) is 5.84 Å². The number of amidine groups is 1. The van der Waals surface area contributed by atoms with Crippen LogP contribution in [-0.4, -0.2) is 18.2 Å². The van der Waals surface area contributed by atoms with E-state index < -0.39 is 0 Å². The van der Waals surface area contributed by atoms with Gasteiger partial charge in [0.15, 0.2) is 17.3 Å². The van der Waals surface area contributed by atoms with Crippen LogP contribution in [0.25, 0.3) is 0 Å². The van der Waals surface area contributed by atoms with Crippen LogP contribution in [0.15, 0.2) is 47.6 Å². The standard InChI is InChI=1S/C15H15ClN2O3/c1-20-14-8-11(15(17)18-19)4-7-13(14)21-9-10-2-5-12(16)6-3-10/h2-8,19H,9H2,1H3,(H2,17,18). The number of nitrogens with two attached hydrogens (primary N) is 1. The van der Waals surface area contributed by atoms with E-state index in [4.69, 9.17) is 32.0 Å². The lowest BCUT2D eigenvalue weighted by Crippen LogP contribution is -2.13. The van der Waals surface area contributed by atoms with Gasteiger partial charge in [-0.3, -0.25) is 0 Å². The lowest BCUT2D eigenvalue weighted by atomic mass is 10.2. The highest BCUT2D eigenvalue weighted by atomic mass is 35.5. The zero-order valence-electron chi connectivity index (χ0n) is 11.4. The highest BCUT2D eigenvalue weighted by molar-refractivity contribution is 6.30. The third kappa shape index (κ3) is 3.79. The molecule has 0 spiro atoms. The van der Waals surface area contributed by atoms with Crippen molar-refractivity contribution in [3.8, 4) is 11.5 Å². The molecule has 0 atom stereocenters. The van der Waals surface area contributed by atoms with Crippen molar-refractivity contribution < 1.29 is 14.7 Å². The number of hydrogen-bond donors (Lipinski definition) is 2. The number of oxime groups is 1. The molecule has 0 fully saturated rings. The van der Waals surface area contributed by atoms with Gasteiger partial charge in [0.2, 0.25) is 0 Å². The van der Waals surface area contributed by atoms with E-state index in [1.54, 1.807) is 30.3 Å². The summed E-state index contributed by atoms with van der Waals surface area (Å²) in [6.45, 7) is 0.385. The predicted molar refractivity (Wildman–Crippen MR) is 81.3 cm³/mol. The summed E-state index contributed by atoms with van der Waals surface area (Å²) in [5.41, 5.74) is 7.08. The minimum absolute atomic E-state index is 0.0116. The second kappa shape index (κ2) is 6.85. The van der Waals surface area contributed by atoms with Gasteiger partial charge < -0.3 is 20.4 Å². The fourth-order valence-corrected chi connectivity index (χ4v) is 1.87. The summed E-state index contributed by atoms with van der Waals surface area (Å²) in [7, 11) is 1.53. The highest BCUT2D eigenvalue weighted by Crippen LogP contribution is 2.28. The van der Waals surface area contributed by atoms with Gasteiger partial charge in [-0.05, 0) is 35.9 Å². The molecule has 6 heteroatoms. The molecule has 0 heterocycles. The van der Waals surface area contributed by atoms with Crippen LogP contribution in [0.2, 0.25) is 5.02 Å². The van der Waals surface area contributed by atoms with Crippen molar-refractivity contribution in [2.75, 3.05) is 7.11 Å². The number of nitrogens with zero attached hydrogens (tertiary/aromatic N) is 1. The Morgan fingerprint density at radius 3 is 2.52 bits per heavy atom. The molecule has 0 aliphatic carbocycles. The van der Waals surface area contributed by atoms with Crippen molar-refractivity contribution in [1.82, 2.24) is 0 Å². The van der Waals surface area contributed by atoms with Crippen molar-refractivity contribution in [1.29, 1.82) is 0 Å². The minimum atomic E-state index is 0.0116. The molecule has 0 radical (unpaired) electrons. The normalized spacial score (nSPS) is 11.2. The van der Waals surface area contributed by atoms with Gasteiger partial charge in [0.25, 0.3) is 0 Å². The van der Waals surface area contributed by atoms with Gasteiger partial charge in [-0.25, -0.2) is 0 Å². The molecule has 0 saturated heterocycles. The first kappa shape index (κ1) is 15.0. The molecular formula is C15H15ClN2O3. The molecule has 3 N–H and O–H groups in total. The maximum atomic E-state index is 8.68. The van der Waals surface area contributed by atoms with Crippen molar-refractivity contribution in [2.24, 2.45) is 10.9 Å². The van der Waals surface area contributed by atoms with Crippen LogP contribution in [-0.2, 0) is 6.61 Å². The topological polar surface area (TPSA) is 77.1 Å². The zero-order chi connectivity index (χ0) is 15.2. The Morgan fingerprint density at radius 2 is 1.90 bits per heavy atom. The SMILES string of the molecule is COc1cc(/C(N)=N/O)ccc1OCc1ccc(Cl)cc1. The maximum absolute atomic E-state index is 8.68. The van der Waals surface area contributed by atoms with Crippen molar-refractivity contribution in [3.05, 3.63) is 58.6 Å². The Kier molecular flexibility index (Phi) is 4.90. The van der Waals surface area contributed by atoms with Gasteiger partial charge in [0.1, 0.15) is 6.61 Å². The second-order valence-electron chi connectivity index (χ2n) is 4.27. The van der Waals surface area contributed by atoms with E-state index in [0.29, 0.717) is 28.7 Å². The molecule has 110 valence electrons. The van der Waals surface area contributed by atoms with Crippen LogP contribution < -0.4 is 15.2 Å². The van der Waals surface area contributed by atoms with Crippen LogP contribution in [0.1, 0.15) is 11.1 Å². The van der Waals surface area contributed by atoms with Gasteiger partial charge in [-0.2, -0.15) is 0 Å². The predicted octanol–water partition coefficient (Wildman–Crippen LogP) is 3.02. The molecule has 0 amide bonds. The summed E-state index contributed by atoms with van der Waals surface area (Å²) in [5.74, 6) is 1.09. The molecule has 21 heavy (non-hydrogen) atoms. The number of rotatable bonds is 5. The lowest BCUT2D eigenvalue weighted by molar-refractivity contribution is 0.284. The Labute approximate surface area is 127 Å². The number of hydrogen-bond acceptors (Lipinski definition) is 4. The number of ether oxygens (including phenoxy) is 2. The van der Waals surface area contributed by atoms with Crippen molar-refractivity contribution in [2.45, 2.75) is 6.61 Å². The van der Waals surface area contributed by atoms with Crippen LogP contribution in [0, 0.1) is 0 Å². The first-order valence-corrected chi connectivity index (χ1v) is 6.55. The van der Waals surface area contributed by atoms with Gasteiger partial charge in [-0.15, -0.1) is 0 Å². The molecule has 0 bridgehead atoms. The van der Waals surface area contributed by atoms with Crippen molar-refractivity contribution in [3.63, 3.8) is 0 Å². The molecule has 0 aromatic heterocycles. The smallest absolute Gasteiger partial charge is 0.170 e. The first-order valence-electron chi connectivity index (χ1n) is 6.17. The molecule has 2 aromatic rings. The van der Waals surface area contributed by atoms with E-state index in [2.05, 4.69) is 5.16 Å². The van der Waals surface area contributed by atoms with E-state index >= 15 is 0 Å². The average Bonchev–Trinajstić information content (AvgIpc) is 2.53. The summed E-state index contributed by atoms with van der Waals surface area (Å²) in [5, 5.41) is 12.3. The molecule has 0 aliphatic rings. The second-order valence-corrected chi connectivity index (χ2v) is 4.70. The minimum Gasteiger partial charge on any atom is -0.493 e. The fourth-order valence-electron chi connectivity index (χ4n) is 1.75. The molecular weight excluding hydrogens is 292 g/mol. The fraction of sp³-hybridized carbons (Fsp3) is 0.133. The Hall–Kier alpha value is -2.40. The summed E-state index contributed by atoms with van der Waals surface area (Å²) in [6.07, 6.45) is 0. The zero-order valence-corrected chi connectivity index (χ0v) is 12.2. The average molecular weight is 307 g/mol. The van der Waals surface area contributed by atoms with Crippen LogP contribution >= 0.6 is 11.6 Å². The maximum Gasteiger partial charge on any atom is 0.170 e. The quantitative estimate of drug-likeness (QED) is 0.385. The highest BCUT2D eigenvalue weighted by Gasteiger charge is 2.08. The van der Waals surface area contributed by atoms with Crippen LogP contribution in [0.5, 0.6) is 11.5 Å². The van der Waals surface area contributed by atoms with Crippen molar-refractivity contribution >= 4 is 17.4 Å². The van der Waals surface area contributed by atoms with Gasteiger partial charge >= 0.3 is 0 Å². The lowest BCUT2D eigenvalue weighted by Gasteiger charge is -2.12. The Morgan fingerprint density at radius 1 is 1.19 bits per heavy atom. The Bertz CT molecular complexity index is 642. The van der Waals surface area contributed by atoms with E-state index in [1.807, 2.05) is 12.1 Å². The first-order chi connectivity index (χ1) is 10.1. The Balaban J connectivity index is 2.14. The molecule has 0 unspecified atom stereocenters. The van der Waals surface area contributed by atoms with Gasteiger partial charge in [-0.1, -0.05) is 28.9 Å². The third-order valence-electron chi connectivity index (χ3n) is 2.87. The molecule has 0 aliphatic heterocycles. The third-order valence-corrected chi connectivity index (χ3v) is 3.13. The summed E-state index contributed by atoms with van der Waals surface area (Å²) in [4.78, 5) is 0. The van der Waals surface area contributed by atoms with E-state index in [1.165, 1.54) is 7.11 Å². The molecule has 2 aromatic carbocycles. The van der Waals surface area contributed by atoms with Crippen LogP contribution in [0.4, 0.5) is 0 Å². The summed E-state index contributed by atoms with van der Waals surface area (Å²) < 4.78 is 11.0. The van der Waals surface area contributed by atoms with Gasteiger partial charge in [0, 0.05) is 10.6 Å². The number of benzene rings is 2. The number of methoxy groups -OCH3 is 1. The molecule has 2 rings (SSSR count). The van der Waals surface area contributed by atoms with E-state index in [9.17, 15) is 0 Å². The van der Waals surface area contributed by atoms with E-state index in [0.717, 1.165) is 5.56 Å². The summed E-state index contributed by atoms with van der Waals surface area (Å²) >= 11 is 5.83. The summed E-state index contributed by atoms with van der Waals surface area (Å²) in [6, 6.07) is 12.4. The molecule has 0 saturated carbocycles. The number of halogens is 1. The largest absolute Gasteiger partial charge is 0.493 e. The van der Waals surface area contributed by atoms with Crippen LogP contribution in [0.3, 0.4) is 0 Å².